The number of nitrogens with zero attached hydrogens (tertiary/aromatic N) is 1. The number of carboxylic acids is 1. The molecule has 1 heterocycles. The fourth-order valence-electron chi connectivity index (χ4n) is 3.71. The van der Waals surface area contributed by atoms with Gasteiger partial charge in [-0.05, 0) is 113 Å². The molecule has 0 aliphatic heterocycles. The summed E-state index contributed by atoms with van der Waals surface area (Å²) in [6.45, 7) is 12.3. The molecule has 0 fully saturated rings. The molecule has 0 aliphatic rings. The lowest BCUT2D eigenvalue weighted by molar-refractivity contribution is -0.148. The van der Waals surface area contributed by atoms with Gasteiger partial charge in [0.05, 0.1) is 17.7 Å². The Bertz CT molecular complexity index is 1270. The third-order valence-corrected chi connectivity index (χ3v) is 6.36. The topological polar surface area (TPSA) is 80.7 Å². The molecule has 38 heavy (non-hydrogen) atoms. The fraction of sp³-hybridized carbons (Fsp3) is 0.312. The van der Waals surface area contributed by atoms with E-state index in [0.717, 1.165) is 45.9 Å². The molecule has 0 unspecified atom stereocenters. The molecule has 1 aromatic heterocycles. The smallest absolute Gasteiger partial charge is 0.312 e. The number of hydrogen-bond acceptors (Lipinski definition) is 5. The second-order valence-corrected chi connectivity index (χ2v) is 9.73. The first-order valence-electron chi connectivity index (χ1n) is 13.0. The number of pyridine rings is 1. The summed E-state index contributed by atoms with van der Waals surface area (Å²) in [5.74, 6) is 0.595. The predicted molar refractivity (Wildman–Crippen MR) is 154 cm³/mol. The molecular weight excluding hydrogens is 476 g/mol. The van der Waals surface area contributed by atoms with E-state index >= 15 is 0 Å². The number of benzene rings is 2. The maximum atomic E-state index is 11.3. The number of carboxylic acid groups (broad SMARTS) is 1. The standard InChI is InChI=1S/C32H38N2O4/c1-7-22(4)30(34-28(8-2)23-10-15-26(16-11-23)37-9-3)25-14-19-29(33-20-25)24-12-17-27(18-13-24)38-21-32(5,6)31(35)36/h8,10-20,34H,7,9,21H2,1-6H3,(H,35,36)/b28-8-,30-22+. The zero-order chi connectivity index (χ0) is 27.7. The predicted octanol–water partition coefficient (Wildman–Crippen LogP) is 7.43. The van der Waals surface area contributed by atoms with Crippen molar-refractivity contribution >= 4 is 17.4 Å². The highest BCUT2D eigenvalue weighted by molar-refractivity contribution is 5.78. The summed E-state index contributed by atoms with van der Waals surface area (Å²) in [5.41, 5.74) is 6.22. The summed E-state index contributed by atoms with van der Waals surface area (Å²) >= 11 is 0. The number of ether oxygens (including phenoxy) is 2. The minimum absolute atomic E-state index is 0.0956. The highest BCUT2D eigenvalue weighted by Gasteiger charge is 2.28. The van der Waals surface area contributed by atoms with Gasteiger partial charge in [0.15, 0.2) is 0 Å². The van der Waals surface area contributed by atoms with Gasteiger partial charge in [-0.25, -0.2) is 0 Å². The quantitative estimate of drug-likeness (QED) is 0.262. The number of nitrogens with one attached hydrogen (secondary N) is 1. The van der Waals surface area contributed by atoms with E-state index < -0.39 is 11.4 Å². The molecule has 2 aromatic carbocycles. The van der Waals surface area contributed by atoms with Crippen LogP contribution in [0.1, 0.15) is 59.1 Å². The lowest BCUT2D eigenvalue weighted by atomic mass is 9.95. The first kappa shape index (κ1) is 28.5. The SMILES string of the molecule is C/C=C(\N/C(=C(\C)CC)c1ccc(-c2ccc(OCC(C)(C)C(=O)O)cc2)nc1)c1ccc(OCC)cc1. The monoisotopic (exact) mass is 514 g/mol. The Balaban J connectivity index is 1.77. The first-order valence-corrected chi connectivity index (χ1v) is 13.0. The number of hydrogen-bond donors (Lipinski definition) is 2. The lowest BCUT2D eigenvalue weighted by Crippen LogP contribution is -2.30. The maximum absolute atomic E-state index is 11.3. The second-order valence-electron chi connectivity index (χ2n) is 9.73. The van der Waals surface area contributed by atoms with E-state index in [1.165, 1.54) is 5.57 Å². The van der Waals surface area contributed by atoms with Crippen molar-refractivity contribution in [3.05, 3.63) is 89.6 Å². The fourth-order valence-corrected chi connectivity index (χ4v) is 3.71. The van der Waals surface area contributed by atoms with Crippen molar-refractivity contribution in [3.8, 4) is 22.8 Å². The van der Waals surface area contributed by atoms with Gasteiger partial charge in [-0.2, -0.15) is 0 Å². The van der Waals surface area contributed by atoms with Crippen molar-refractivity contribution in [2.75, 3.05) is 13.2 Å². The Morgan fingerprint density at radius 3 is 2.08 bits per heavy atom. The average molecular weight is 515 g/mol. The van der Waals surface area contributed by atoms with E-state index in [4.69, 9.17) is 14.5 Å². The summed E-state index contributed by atoms with van der Waals surface area (Å²) in [6.07, 6.45) is 4.87. The van der Waals surface area contributed by atoms with Gasteiger partial charge >= 0.3 is 5.97 Å². The van der Waals surface area contributed by atoms with Crippen LogP contribution in [0.4, 0.5) is 0 Å². The van der Waals surface area contributed by atoms with Crippen molar-refractivity contribution in [2.24, 2.45) is 5.41 Å². The number of rotatable bonds is 12. The van der Waals surface area contributed by atoms with E-state index in [1.807, 2.05) is 62.5 Å². The van der Waals surface area contributed by atoms with Gasteiger partial charge in [0.2, 0.25) is 0 Å². The molecule has 0 atom stereocenters. The molecule has 0 saturated heterocycles. The van der Waals surface area contributed by atoms with Gasteiger partial charge in [-0.15, -0.1) is 0 Å². The first-order chi connectivity index (χ1) is 18.2. The minimum atomic E-state index is -0.953. The molecule has 3 aromatic rings. The molecule has 6 nitrogen and oxygen atoms in total. The second kappa shape index (κ2) is 13.0. The van der Waals surface area contributed by atoms with Crippen molar-refractivity contribution < 1.29 is 19.4 Å². The highest BCUT2D eigenvalue weighted by Crippen LogP contribution is 2.27. The normalized spacial score (nSPS) is 12.5. The van der Waals surface area contributed by atoms with Gasteiger partial charge in [0, 0.05) is 28.7 Å². The Morgan fingerprint density at radius 2 is 1.55 bits per heavy atom. The molecule has 0 spiro atoms. The number of aliphatic carboxylic acids is 1. The van der Waals surface area contributed by atoms with Crippen molar-refractivity contribution in [1.82, 2.24) is 10.3 Å². The van der Waals surface area contributed by atoms with Gasteiger partial charge in [0.25, 0.3) is 0 Å². The molecule has 0 amide bonds. The zero-order valence-corrected chi connectivity index (χ0v) is 23.2. The van der Waals surface area contributed by atoms with Crippen LogP contribution in [0.15, 0.2) is 78.5 Å². The van der Waals surface area contributed by atoms with Crippen LogP contribution in [-0.2, 0) is 4.79 Å². The Kier molecular flexibility index (Phi) is 9.72. The van der Waals surface area contributed by atoms with E-state index in [-0.39, 0.29) is 6.61 Å². The van der Waals surface area contributed by atoms with Crippen LogP contribution < -0.4 is 14.8 Å². The summed E-state index contributed by atoms with van der Waals surface area (Å²) in [5, 5.41) is 12.9. The molecule has 0 aliphatic carbocycles. The van der Waals surface area contributed by atoms with E-state index in [2.05, 4.69) is 43.4 Å². The number of carbonyl (C=O) groups is 1. The van der Waals surface area contributed by atoms with Crippen LogP contribution in [0.2, 0.25) is 0 Å². The number of allylic oxidation sites excluding steroid dienone is 2. The Labute approximate surface area is 226 Å². The van der Waals surface area contributed by atoms with Gasteiger partial charge in [-0.1, -0.05) is 13.0 Å². The molecular formula is C32H38N2O4. The average Bonchev–Trinajstić information content (AvgIpc) is 2.93. The minimum Gasteiger partial charge on any atom is -0.494 e. The Morgan fingerprint density at radius 1 is 0.947 bits per heavy atom. The van der Waals surface area contributed by atoms with E-state index in [9.17, 15) is 9.90 Å². The molecule has 3 rings (SSSR count). The largest absolute Gasteiger partial charge is 0.494 e. The summed E-state index contributed by atoms with van der Waals surface area (Å²) in [6, 6.07) is 19.7. The van der Waals surface area contributed by atoms with Crippen molar-refractivity contribution in [2.45, 2.75) is 48.0 Å². The van der Waals surface area contributed by atoms with Crippen LogP contribution >= 0.6 is 0 Å². The van der Waals surface area contributed by atoms with Gasteiger partial charge in [0.1, 0.15) is 18.1 Å². The third kappa shape index (κ3) is 7.25. The van der Waals surface area contributed by atoms with Crippen LogP contribution in [0.5, 0.6) is 11.5 Å². The highest BCUT2D eigenvalue weighted by atomic mass is 16.5. The zero-order valence-electron chi connectivity index (χ0n) is 23.2. The van der Waals surface area contributed by atoms with Crippen LogP contribution in [0.3, 0.4) is 0 Å². The third-order valence-electron chi connectivity index (χ3n) is 6.36. The van der Waals surface area contributed by atoms with Crippen LogP contribution in [0.25, 0.3) is 22.7 Å². The van der Waals surface area contributed by atoms with E-state index in [1.54, 1.807) is 13.8 Å². The summed E-state index contributed by atoms with van der Waals surface area (Å²) in [7, 11) is 0. The molecule has 6 heteroatoms. The molecule has 0 radical (unpaired) electrons. The lowest BCUT2D eigenvalue weighted by Gasteiger charge is -2.19. The van der Waals surface area contributed by atoms with Gasteiger partial charge < -0.3 is 19.9 Å². The molecule has 2 N–H and O–H groups in total. The van der Waals surface area contributed by atoms with Crippen LogP contribution in [-0.4, -0.2) is 29.3 Å². The van der Waals surface area contributed by atoms with E-state index in [0.29, 0.717) is 12.4 Å². The maximum Gasteiger partial charge on any atom is 0.312 e. The van der Waals surface area contributed by atoms with Crippen molar-refractivity contribution in [3.63, 3.8) is 0 Å². The van der Waals surface area contributed by atoms with Crippen LogP contribution in [0, 0.1) is 5.41 Å². The number of aromatic nitrogens is 1. The molecule has 0 bridgehead atoms. The molecule has 0 saturated carbocycles. The summed E-state index contributed by atoms with van der Waals surface area (Å²) in [4.78, 5) is 16.0. The van der Waals surface area contributed by atoms with Gasteiger partial charge in [-0.3, -0.25) is 9.78 Å². The molecule has 200 valence electrons. The Hall–Kier alpha value is -4.06. The van der Waals surface area contributed by atoms with Crippen molar-refractivity contribution in [1.29, 1.82) is 0 Å². The summed E-state index contributed by atoms with van der Waals surface area (Å²) < 4.78 is 11.3.